The smallest absolute Gasteiger partial charge is 0.242 e. The van der Waals surface area contributed by atoms with E-state index in [1.165, 1.54) is 0 Å². The molecular formula is C18H15BrN2O2. The number of nitrogen functional groups attached to an aromatic ring is 1. The van der Waals surface area contributed by atoms with Gasteiger partial charge in [-0.05, 0) is 54.1 Å². The van der Waals surface area contributed by atoms with Gasteiger partial charge in [0.15, 0.2) is 0 Å². The third-order valence-electron chi connectivity index (χ3n) is 3.16. The number of benzene rings is 2. The number of anilines is 1. The van der Waals surface area contributed by atoms with Gasteiger partial charge < -0.3 is 15.2 Å². The summed E-state index contributed by atoms with van der Waals surface area (Å²) in [6, 6.07) is 18.9. The van der Waals surface area contributed by atoms with Crippen molar-refractivity contribution < 1.29 is 9.47 Å². The van der Waals surface area contributed by atoms with E-state index in [4.69, 9.17) is 15.2 Å². The third kappa shape index (κ3) is 4.23. The van der Waals surface area contributed by atoms with E-state index in [0.29, 0.717) is 23.9 Å². The molecule has 0 atom stereocenters. The van der Waals surface area contributed by atoms with Crippen molar-refractivity contribution in [3.63, 3.8) is 0 Å². The normalized spacial score (nSPS) is 10.3. The van der Waals surface area contributed by atoms with Gasteiger partial charge in [0.05, 0.1) is 5.69 Å². The molecule has 5 heteroatoms. The summed E-state index contributed by atoms with van der Waals surface area (Å²) < 4.78 is 12.4. The Labute approximate surface area is 143 Å². The summed E-state index contributed by atoms with van der Waals surface area (Å²) in [6.07, 6.45) is 1.64. The summed E-state index contributed by atoms with van der Waals surface area (Å²) in [7, 11) is 0. The van der Waals surface area contributed by atoms with E-state index < -0.39 is 0 Å². The lowest BCUT2D eigenvalue weighted by molar-refractivity contribution is 0.305. The van der Waals surface area contributed by atoms with Gasteiger partial charge in [-0.1, -0.05) is 28.1 Å². The minimum atomic E-state index is 0.399. The van der Waals surface area contributed by atoms with Crippen LogP contribution >= 0.6 is 15.9 Å². The second-order valence-electron chi connectivity index (χ2n) is 4.89. The Morgan fingerprint density at radius 1 is 0.913 bits per heavy atom. The minimum Gasteiger partial charge on any atom is -0.489 e. The average molecular weight is 371 g/mol. The summed E-state index contributed by atoms with van der Waals surface area (Å²) in [5.41, 5.74) is 7.41. The van der Waals surface area contributed by atoms with E-state index in [9.17, 15) is 0 Å². The average Bonchev–Trinajstić information content (AvgIpc) is 2.58. The van der Waals surface area contributed by atoms with Crippen LogP contribution in [0.25, 0.3) is 0 Å². The molecule has 0 aliphatic heterocycles. The Hall–Kier alpha value is -2.53. The number of aromatic nitrogens is 1. The zero-order valence-corrected chi connectivity index (χ0v) is 13.9. The number of nitrogens with two attached hydrogens (primary N) is 1. The van der Waals surface area contributed by atoms with Crippen molar-refractivity contribution in [2.24, 2.45) is 0 Å². The number of ether oxygens (including phenoxy) is 2. The van der Waals surface area contributed by atoms with Gasteiger partial charge in [0.2, 0.25) is 5.88 Å². The molecule has 0 amide bonds. The van der Waals surface area contributed by atoms with Crippen LogP contribution in [-0.2, 0) is 6.61 Å². The number of rotatable bonds is 5. The minimum absolute atomic E-state index is 0.399. The predicted molar refractivity (Wildman–Crippen MR) is 93.6 cm³/mol. The van der Waals surface area contributed by atoms with Crippen molar-refractivity contribution >= 4 is 21.6 Å². The highest BCUT2D eigenvalue weighted by Crippen LogP contribution is 2.26. The number of halogens is 1. The Morgan fingerprint density at radius 3 is 2.30 bits per heavy atom. The molecule has 3 aromatic rings. The molecule has 0 bridgehead atoms. The first kappa shape index (κ1) is 15.4. The van der Waals surface area contributed by atoms with E-state index in [2.05, 4.69) is 20.9 Å². The van der Waals surface area contributed by atoms with Crippen LogP contribution in [0.15, 0.2) is 71.3 Å². The van der Waals surface area contributed by atoms with Crippen molar-refractivity contribution in [2.45, 2.75) is 6.61 Å². The summed E-state index contributed by atoms with van der Waals surface area (Å²) >= 11 is 3.41. The molecule has 116 valence electrons. The van der Waals surface area contributed by atoms with Crippen LogP contribution in [0.5, 0.6) is 17.4 Å². The zero-order chi connectivity index (χ0) is 16.1. The van der Waals surface area contributed by atoms with Crippen molar-refractivity contribution in [1.29, 1.82) is 0 Å². The summed E-state index contributed by atoms with van der Waals surface area (Å²) in [4.78, 5) is 4.10. The van der Waals surface area contributed by atoms with Crippen LogP contribution in [0.3, 0.4) is 0 Å². The van der Waals surface area contributed by atoms with Crippen LogP contribution in [0, 0.1) is 0 Å². The maximum Gasteiger partial charge on any atom is 0.242 e. The Kier molecular flexibility index (Phi) is 4.78. The highest BCUT2D eigenvalue weighted by Gasteiger charge is 2.03. The lowest BCUT2D eigenvalue weighted by Crippen LogP contribution is -1.96. The topological polar surface area (TPSA) is 57.4 Å². The first-order valence-corrected chi connectivity index (χ1v) is 7.86. The summed E-state index contributed by atoms with van der Waals surface area (Å²) in [5, 5.41) is 0. The van der Waals surface area contributed by atoms with Crippen LogP contribution in [-0.4, -0.2) is 4.98 Å². The van der Waals surface area contributed by atoms with Crippen LogP contribution in [0.2, 0.25) is 0 Å². The number of pyridine rings is 1. The maximum atomic E-state index is 5.81. The third-order valence-corrected chi connectivity index (χ3v) is 3.69. The molecule has 0 radical (unpaired) electrons. The van der Waals surface area contributed by atoms with Gasteiger partial charge in [-0.2, -0.15) is 0 Å². The van der Waals surface area contributed by atoms with E-state index >= 15 is 0 Å². The van der Waals surface area contributed by atoms with Gasteiger partial charge in [0.25, 0.3) is 0 Å². The molecule has 0 saturated carbocycles. The van der Waals surface area contributed by atoms with Crippen LogP contribution < -0.4 is 15.2 Å². The van der Waals surface area contributed by atoms with Crippen LogP contribution in [0.4, 0.5) is 5.69 Å². The standard InChI is InChI=1S/C18H15BrN2O2/c19-14-5-3-13(4-6-14)12-22-15-7-9-16(10-8-15)23-18-17(20)2-1-11-21-18/h1-11H,12,20H2. The molecule has 0 saturated heterocycles. The molecule has 1 heterocycles. The van der Waals surface area contributed by atoms with Crippen molar-refractivity contribution in [2.75, 3.05) is 5.73 Å². The highest BCUT2D eigenvalue weighted by atomic mass is 79.9. The van der Waals surface area contributed by atoms with Gasteiger partial charge in [-0.3, -0.25) is 0 Å². The Balaban J connectivity index is 1.61. The van der Waals surface area contributed by atoms with Gasteiger partial charge in [0, 0.05) is 10.7 Å². The van der Waals surface area contributed by atoms with E-state index in [1.807, 2.05) is 48.5 Å². The van der Waals surface area contributed by atoms with Gasteiger partial charge >= 0.3 is 0 Å². The van der Waals surface area contributed by atoms with Gasteiger partial charge in [-0.15, -0.1) is 0 Å². The highest BCUT2D eigenvalue weighted by molar-refractivity contribution is 9.10. The summed E-state index contributed by atoms with van der Waals surface area (Å²) in [6.45, 7) is 0.515. The molecule has 4 nitrogen and oxygen atoms in total. The van der Waals surface area contributed by atoms with E-state index in [1.54, 1.807) is 18.3 Å². The number of hydrogen-bond donors (Lipinski definition) is 1. The molecule has 0 spiro atoms. The predicted octanol–water partition coefficient (Wildman–Crippen LogP) is 4.80. The molecule has 1 aromatic heterocycles. The van der Waals surface area contributed by atoms with Crippen LogP contribution in [0.1, 0.15) is 5.56 Å². The summed E-state index contributed by atoms with van der Waals surface area (Å²) in [5.74, 6) is 1.83. The Bertz CT molecular complexity index is 774. The van der Waals surface area contributed by atoms with E-state index in [0.717, 1.165) is 15.8 Å². The molecule has 2 N–H and O–H groups in total. The number of nitrogens with zero attached hydrogens (tertiary/aromatic N) is 1. The molecule has 3 rings (SSSR count). The number of hydrogen-bond acceptors (Lipinski definition) is 4. The second-order valence-corrected chi connectivity index (χ2v) is 5.80. The molecule has 0 fully saturated rings. The quantitative estimate of drug-likeness (QED) is 0.700. The zero-order valence-electron chi connectivity index (χ0n) is 12.3. The SMILES string of the molecule is Nc1cccnc1Oc1ccc(OCc2ccc(Br)cc2)cc1. The second kappa shape index (κ2) is 7.15. The molecule has 0 aliphatic carbocycles. The molecule has 23 heavy (non-hydrogen) atoms. The Morgan fingerprint density at radius 2 is 1.61 bits per heavy atom. The monoisotopic (exact) mass is 370 g/mol. The maximum absolute atomic E-state index is 5.81. The first-order valence-electron chi connectivity index (χ1n) is 7.06. The van der Waals surface area contributed by atoms with E-state index in [-0.39, 0.29) is 0 Å². The lowest BCUT2D eigenvalue weighted by atomic mass is 10.2. The molecule has 0 aliphatic rings. The first-order chi connectivity index (χ1) is 11.2. The largest absolute Gasteiger partial charge is 0.489 e. The van der Waals surface area contributed by atoms with Crippen molar-refractivity contribution in [3.8, 4) is 17.4 Å². The molecule has 2 aromatic carbocycles. The van der Waals surface area contributed by atoms with Crippen molar-refractivity contribution in [1.82, 2.24) is 4.98 Å². The lowest BCUT2D eigenvalue weighted by Gasteiger charge is -2.09. The van der Waals surface area contributed by atoms with Gasteiger partial charge in [-0.25, -0.2) is 4.98 Å². The fourth-order valence-electron chi connectivity index (χ4n) is 1.95. The fourth-order valence-corrected chi connectivity index (χ4v) is 2.22. The molecule has 0 unspecified atom stereocenters. The fraction of sp³-hybridized carbons (Fsp3) is 0.0556. The van der Waals surface area contributed by atoms with Crippen molar-refractivity contribution in [3.05, 3.63) is 76.9 Å². The molecular weight excluding hydrogens is 356 g/mol. The van der Waals surface area contributed by atoms with Gasteiger partial charge in [0.1, 0.15) is 18.1 Å².